The summed E-state index contributed by atoms with van der Waals surface area (Å²) in [6, 6.07) is 9.96. The van der Waals surface area contributed by atoms with Gasteiger partial charge in [0.25, 0.3) is 5.91 Å². The van der Waals surface area contributed by atoms with Crippen LogP contribution in [0.15, 0.2) is 42.7 Å². The normalized spacial score (nSPS) is 18.1. The summed E-state index contributed by atoms with van der Waals surface area (Å²) in [6.07, 6.45) is 6.22. The minimum atomic E-state index is -0.118. The fourth-order valence-electron chi connectivity index (χ4n) is 4.89. The average molecular weight is 466 g/mol. The molecule has 2 aromatic heterocycles. The van der Waals surface area contributed by atoms with Crippen LogP contribution in [0.25, 0.3) is 0 Å². The van der Waals surface area contributed by atoms with Gasteiger partial charge in [-0.25, -0.2) is 0 Å². The van der Waals surface area contributed by atoms with E-state index in [0.717, 1.165) is 66.4 Å². The van der Waals surface area contributed by atoms with Gasteiger partial charge in [-0.15, -0.1) is 0 Å². The Hall–Kier alpha value is -2.90. The van der Waals surface area contributed by atoms with Crippen molar-refractivity contribution >= 4 is 17.5 Å². The second-order valence-electron chi connectivity index (χ2n) is 8.60. The highest BCUT2D eigenvalue weighted by Gasteiger charge is 2.32. The number of benzene rings is 1. The maximum absolute atomic E-state index is 13.1. The van der Waals surface area contributed by atoms with Crippen molar-refractivity contribution in [1.82, 2.24) is 25.0 Å². The van der Waals surface area contributed by atoms with Crippen molar-refractivity contribution in [3.8, 4) is 5.75 Å². The van der Waals surface area contributed by atoms with Gasteiger partial charge in [0.1, 0.15) is 12.4 Å². The Kier molecular flexibility index (Phi) is 6.33. The SMILES string of the molecule is CCn1nc(C(=O)NCc2ccncc2)c2c1CCC(N1CCOc3ccc(Cl)cc3C1)C2. The molecule has 172 valence electrons. The van der Waals surface area contributed by atoms with Crippen LogP contribution < -0.4 is 10.1 Å². The number of aryl methyl sites for hydroxylation is 1. The van der Waals surface area contributed by atoms with Crippen LogP contribution in [-0.4, -0.2) is 44.8 Å². The zero-order valence-electron chi connectivity index (χ0n) is 18.8. The lowest BCUT2D eigenvalue weighted by molar-refractivity contribution is 0.0942. The highest BCUT2D eigenvalue weighted by atomic mass is 35.5. The molecule has 0 fully saturated rings. The summed E-state index contributed by atoms with van der Waals surface area (Å²) in [5.74, 6) is 0.792. The molecule has 3 heterocycles. The molecule has 1 N–H and O–H groups in total. The molecule has 1 aliphatic carbocycles. The van der Waals surface area contributed by atoms with Crippen LogP contribution in [-0.2, 0) is 32.5 Å². The second-order valence-corrected chi connectivity index (χ2v) is 9.03. The van der Waals surface area contributed by atoms with Gasteiger partial charge in [-0.3, -0.25) is 19.4 Å². The molecule has 33 heavy (non-hydrogen) atoms. The molecule has 1 unspecified atom stereocenters. The van der Waals surface area contributed by atoms with Crippen molar-refractivity contribution in [2.75, 3.05) is 13.2 Å². The summed E-state index contributed by atoms with van der Waals surface area (Å²) in [6.45, 7) is 5.57. The molecule has 0 spiro atoms. The molecular formula is C25H28ClN5O2. The Morgan fingerprint density at radius 2 is 2.12 bits per heavy atom. The zero-order chi connectivity index (χ0) is 22.8. The molecule has 5 rings (SSSR count). The van der Waals surface area contributed by atoms with Gasteiger partial charge in [0.05, 0.1) is 0 Å². The lowest BCUT2D eigenvalue weighted by Crippen LogP contribution is -2.40. The van der Waals surface area contributed by atoms with Gasteiger partial charge in [0, 0.05) is 66.5 Å². The lowest BCUT2D eigenvalue weighted by Gasteiger charge is -2.33. The van der Waals surface area contributed by atoms with Crippen LogP contribution in [0.2, 0.25) is 5.02 Å². The average Bonchev–Trinajstić information content (AvgIpc) is 3.08. The number of nitrogens with zero attached hydrogens (tertiary/aromatic N) is 4. The van der Waals surface area contributed by atoms with Crippen LogP contribution in [0.3, 0.4) is 0 Å². The van der Waals surface area contributed by atoms with E-state index < -0.39 is 0 Å². The van der Waals surface area contributed by atoms with Crippen molar-refractivity contribution in [3.63, 3.8) is 0 Å². The number of hydrogen-bond acceptors (Lipinski definition) is 5. The molecular weight excluding hydrogens is 438 g/mol. The van der Waals surface area contributed by atoms with Gasteiger partial charge in [-0.2, -0.15) is 5.10 Å². The van der Waals surface area contributed by atoms with Crippen molar-refractivity contribution in [3.05, 3.63) is 75.8 Å². The molecule has 1 aromatic carbocycles. The Balaban J connectivity index is 1.35. The van der Waals surface area contributed by atoms with E-state index in [1.54, 1.807) is 12.4 Å². The molecule has 8 heteroatoms. The molecule has 0 saturated heterocycles. The Morgan fingerprint density at radius 1 is 1.27 bits per heavy atom. The molecule has 0 saturated carbocycles. The van der Waals surface area contributed by atoms with Crippen LogP contribution in [0, 0.1) is 0 Å². The molecule has 0 bridgehead atoms. The number of nitrogens with one attached hydrogen (secondary N) is 1. The number of carbonyl (C=O) groups excluding carboxylic acids is 1. The minimum Gasteiger partial charge on any atom is -0.492 e. The number of rotatable bonds is 5. The van der Waals surface area contributed by atoms with E-state index in [9.17, 15) is 4.79 Å². The highest BCUT2D eigenvalue weighted by molar-refractivity contribution is 6.30. The van der Waals surface area contributed by atoms with E-state index in [1.165, 1.54) is 5.69 Å². The van der Waals surface area contributed by atoms with E-state index in [2.05, 4.69) is 22.1 Å². The molecule has 1 aliphatic heterocycles. The Labute approximate surface area is 198 Å². The first-order valence-electron chi connectivity index (χ1n) is 11.5. The topological polar surface area (TPSA) is 72.3 Å². The van der Waals surface area contributed by atoms with Gasteiger partial charge in [-0.05, 0) is 62.1 Å². The summed E-state index contributed by atoms with van der Waals surface area (Å²) in [4.78, 5) is 19.6. The van der Waals surface area contributed by atoms with Crippen molar-refractivity contribution in [1.29, 1.82) is 0 Å². The number of aromatic nitrogens is 3. The third-order valence-corrected chi connectivity index (χ3v) is 6.82. The number of halogens is 1. The van der Waals surface area contributed by atoms with E-state index in [4.69, 9.17) is 21.4 Å². The first-order valence-corrected chi connectivity index (χ1v) is 11.9. The van der Waals surface area contributed by atoms with Crippen LogP contribution in [0.5, 0.6) is 5.75 Å². The lowest BCUT2D eigenvalue weighted by atomic mass is 9.89. The Bertz CT molecular complexity index is 1150. The van der Waals surface area contributed by atoms with Crippen molar-refractivity contribution in [2.45, 2.75) is 51.9 Å². The maximum Gasteiger partial charge on any atom is 0.272 e. The van der Waals surface area contributed by atoms with Crippen LogP contribution in [0.1, 0.15) is 46.2 Å². The number of amides is 1. The quantitative estimate of drug-likeness (QED) is 0.623. The van der Waals surface area contributed by atoms with Crippen LogP contribution >= 0.6 is 11.6 Å². The van der Waals surface area contributed by atoms with Gasteiger partial charge in [-0.1, -0.05) is 11.6 Å². The predicted molar refractivity (Wildman–Crippen MR) is 126 cm³/mol. The zero-order valence-corrected chi connectivity index (χ0v) is 19.5. The monoisotopic (exact) mass is 465 g/mol. The third-order valence-electron chi connectivity index (χ3n) is 6.59. The maximum atomic E-state index is 13.1. The number of ether oxygens (including phenoxy) is 1. The molecule has 1 amide bonds. The summed E-state index contributed by atoms with van der Waals surface area (Å²) < 4.78 is 7.96. The second kappa shape index (κ2) is 9.53. The van der Waals surface area contributed by atoms with Crippen molar-refractivity contribution in [2.24, 2.45) is 0 Å². The minimum absolute atomic E-state index is 0.118. The van der Waals surface area contributed by atoms with E-state index in [1.807, 2.05) is 35.0 Å². The fourth-order valence-corrected chi connectivity index (χ4v) is 5.08. The number of pyridine rings is 1. The van der Waals surface area contributed by atoms with Gasteiger partial charge in [0.2, 0.25) is 0 Å². The standard InChI is InChI=1S/C25H28ClN5O2/c1-2-31-22-5-4-20(30-11-12-33-23-6-3-19(26)13-18(23)16-30)14-21(22)24(29-31)25(32)28-15-17-7-9-27-10-8-17/h3,6-10,13,20H,2,4-5,11-12,14-16H2,1H3,(H,28,32). The third kappa shape index (κ3) is 4.61. The molecule has 7 nitrogen and oxygen atoms in total. The highest BCUT2D eigenvalue weighted by Crippen LogP contribution is 2.32. The van der Waals surface area contributed by atoms with Gasteiger partial charge in [0.15, 0.2) is 5.69 Å². The summed E-state index contributed by atoms with van der Waals surface area (Å²) in [5.41, 5.74) is 4.96. The van der Waals surface area contributed by atoms with E-state index in [-0.39, 0.29) is 5.91 Å². The first-order chi connectivity index (χ1) is 16.1. The Morgan fingerprint density at radius 3 is 2.94 bits per heavy atom. The predicted octanol–water partition coefficient (Wildman–Crippen LogP) is 3.63. The fraction of sp³-hybridized carbons (Fsp3) is 0.400. The van der Waals surface area contributed by atoms with E-state index >= 15 is 0 Å². The molecule has 1 atom stereocenters. The van der Waals surface area contributed by atoms with Gasteiger partial charge < -0.3 is 10.1 Å². The summed E-state index contributed by atoms with van der Waals surface area (Å²) in [7, 11) is 0. The summed E-state index contributed by atoms with van der Waals surface area (Å²) >= 11 is 6.25. The number of fused-ring (bicyclic) bond motifs is 2. The molecule has 2 aliphatic rings. The number of carbonyl (C=O) groups is 1. The smallest absolute Gasteiger partial charge is 0.272 e. The van der Waals surface area contributed by atoms with Crippen molar-refractivity contribution < 1.29 is 9.53 Å². The number of hydrogen-bond donors (Lipinski definition) is 1. The van der Waals surface area contributed by atoms with E-state index in [0.29, 0.717) is 24.9 Å². The van der Waals surface area contributed by atoms with Gasteiger partial charge >= 0.3 is 0 Å². The molecule has 0 radical (unpaired) electrons. The molecule has 3 aromatic rings. The summed E-state index contributed by atoms with van der Waals surface area (Å²) in [5, 5.41) is 8.46. The first kappa shape index (κ1) is 21.9. The van der Waals surface area contributed by atoms with Crippen LogP contribution in [0.4, 0.5) is 0 Å². The largest absolute Gasteiger partial charge is 0.492 e.